The van der Waals surface area contributed by atoms with E-state index in [4.69, 9.17) is 0 Å². The lowest BCUT2D eigenvalue weighted by Crippen LogP contribution is -2.25. The van der Waals surface area contributed by atoms with Crippen molar-refractivity contribution in [1.29, 1.82) is 0 Å². The predicted molar refractivity (Wildman–Crippen MR) is 457 cm³/mol. The first kappa shape index (κ1) is 70.9. The van der Waals surface area contributed by atoms with E-state index in [-0.39, 0.29) is 5.41 Å². The van der Waals surface area contributed by atoms with Gasteiger partial charge < -0.3 is 19.6 Å². The van der Waals surface area contributed by atoms with Crippen LogP contribution in [-0.4, -0.2) is 0 Å². The number of rotatable bonds is 32. The zero-order chi connectivity index (χ0) is 72.4. The summed E-state index contributed by atoms with van der Waals surface area (Å²) in [5.74, 6) is 0. The standard InChI is InChI=1S/C103H98N4/c1-79-47-73-99-100-74-48-80(2)78-102(100)103(101(99)77-79,75-31-9-5-3-7-17-33-81-49-61-93(62-50-81)106(91-43-27-15-28-44-91)97-69-57-85(58-70-97)83-53-65-95(66-54-83)104(87-35-19-11-20-36-87)88-37-21-12-22-38-88)76-32-10-6-4-8-18-34-82-51-63-94(64-52-82)107(92-45-29-16-30-46-92)98-71-59-86(60-72-98)84-55-67-96(68-56-84)105(89-39-23-13-24-40-89)90-41-25-14-26-42-90/h11-16,19-30,35-74,77-78H,3-10,17-18,31-34,75-76H2,1-2H3. The molecule has 1 aliphatic rings. The van der Waals surface area contributed by atoms with Gasteiger partial charge in [0.2, 0.25) is 0 Å². The summed E-state index contributed by atoms with van der Waals surface area (Å²) in [6.07, 6.45) is 19.9. The number of anilines is 12. The maximum atomic E-state index is 2.55. The third-order valence-electron chi connectivity index (χ3n) is 22.0. The van der Waals surface area contributed by atoms with Crippen LogP contribution in [0, 0.1) is 13.8 Å². The van der Waals surface area contributed by atoms with Crippen LogP contribution in [0.5, 0.6) is 0 Å². The topological polar surface area (TPSA) is 13.0 Å². The molecule has 14 aromatic carbocycles. The number of nitrogens with zero attached hydrogens (tertiary/aromatic N) is 4. The molecule has 0 radical (unpaired) electrons. The van der Waals surface area contributed by atoms with Gasteiger partial charge in [-0.05, 0) is 254 Å². The third-order valence-corrected chi connectivity index (χ3v) is 22.0. The molecule has 0 heterocycles. The lowest BCUT2D eigenvalue weighted by Gasteiger charge is -2.33. The largest absolute Gasteiger partial charge is 0.311 e. The van der Waals surface area contributed by atoms with Crippen molar-refractivity contribution >= 4 is 68.2 Å². The van der Waals surface area contributed by atoms with Crippen molar-refractivity contribution in [1.82, 2.24) is 0 Å². The maximum absolute atomic E-state index is 2.55. The molecule has 14 aromatic rings. The molecule has 0 atom stereocenters. The normalized spacial score (nSPS) is 11.9. The molecule has 4 heteroatoms. The van der Waals surface area contributed by atoms with Gasteiger partial charge in [0.05, 0.1) is 0 Å². The van der Waals surface area contributed by atoms with Crippen molar-refractivity contribution in [3.63, 3.8) is 0 Å². The van der Waals surface area contributed by atoms with Gasteiger partial charge in [-0.2, -0.15) is 0 Å². The van der Waals surface area contributed by atoms with Crippen molar-refractivity contribution in [3.05, 3.63) is 397 Å². The molecule has 1 aliphatic carbocycles. The van der Waals surface area contributed by atoms with Gasteiger partial charge in [0.1, 0.15) is 0 Å². The summed E-state index contributed by atoms with van der Waals surface area (Å²) in [5.41, 5.74) is 30.2. The van der Waals surface area contributed by atoms with Crippen LogP contribution >= 0.6 is 0 Å². The Morgan fingerprint density at radius 2 is 0.402 bits per heavy atom. The summed E-state index contributed by atoms with van der Waals surface area (Å²) in [6, 6.07) is 133. The molecular weight excluding hydrogens is 1290 g/mol. The van der Waals surface area contributed by atoms with Crippen LogP contribution in [0.4, 0.5) is 68.2 Å². The molecule has 0 unspecified atom stereocenters. The fourth-order valence-corrected chi connectivity index (χ4v) is 16.4. The first-order valence-corrected chi connectivity index (χ1v) is 39.2. The molecule has 530 valence electrons. The average Bonchev–Trinajstić information content (AvgIpc) is 1.56. The molecule has 0 fully saturated rings. The van der Waals surface area contributed by atoms with Crippen LogP contribution < -0.4 is 19.6 Å². The number of unbranched alkanes of at least 4 members (excludes halogenated alkanes) is 10. The van der Waals surface area contributed by atoms with Gasteiger partial charge in [-0.1, -0.05) is 294 Å². The van der Waals surface area contributed by atoms with E-state index in [9.17, 15) is 0 Å². The Bertz CT molecular complexity index is 4660. The molecule has 0 amide bonds. The SMILES string of the molecule is Cc1ccc2c(c1)C(CCCCCCCCc1ccc(N(c3ccccc3)c3ccc(-c4ccc(N(c5ccccc5)c5ccccc5)cc4)cc3)cc1)(CCCCCCCCc1ccc(N(c3ccccc3)c3ccc(-c4ccc(N(c5ccccc5)c5ccccc5)cc4)cc3)cc1)c1cc(C)ccc1-2. The highest BCUT2D eigenvalue weighted by molar-refractivity contribution is 5.85. The predicted octanol–water partition coefficient (Wildman–Crippen LogP) is 29.7. The van der Waals surface area contributed by atoms with Crippen molar-refractivity contribution in [2.75, 3.05) is 19.6 Å². The molecule has 0 N–H and O–H groups in total. The lowest BCUT2D eigenvalue weighted by atomic mass is 9.70. The smallest absolute Gasteiger partial charge is 0.0462 e. The number of fused-ring (bicyclic) bond motifs is 3. The van der Waals surface area contributed by atoms with E-state index in [2.05, 4.69) is 397 Å². The Labute approximate surface area is 636 Å². The second kappa shape index (κ2) is 34.5. The average molecular weight is 1390 g/mol. The zero-order valence-electron chi connectivity index (χ0n) is 62.2. The Morgan fingerprint density at radius 1 is 0.196 bits per heavy atom. The van der Waals surface area contributed by atoms with E-state index in [0.29, 0.717) is 0 Å². The van der Waals surface area contributed by atoms with Gasteiger partial charge in [-0.25, -0.2) is 0 Å². The molecule has 0 saturated carbocycles. The van der Waals surface area contributed by atoms with Gasteiger partial charge >= 0.3 is 0 Å². The summed E-state index contributed by atoms with van der Waals surface area (Å²) in [7, 11) is 0. The zero-order valence-corrected chi connectivity index (χ0v) is 62.2. The Balaban J connectivity index is 0.520. The van der Waals surface area contributed by atoms with Crippen molar-refractivity contribution in [2.45, 2.75) is 122 Å². The van der Waals surface area contributed by atoms with E-state index in [1.807, 2.05) is 0 Å². The van der Waals surface area contributed by atoms with Gasteiger partial charge in [0, 0.05) is 73.7 Å². The summed E-state index contributed by atoms with van der Waals surface area (Å²) in [6.45, 7) is 4.59. The minimum absolute atomic E-state index is 0.0747. The Kier molecular flexibility index (Phi) is 22.8. The summed E-state index contributed by atoms with van der Waals surface area (Å²) in [5, 5.41) is 0. The molecule has 0 spiro atoms. The van der Waals surface area contributed by atoms with Gasteiger partial charge in [0.25, 0.3) is 0 Å². The summed E-state index contributed by atoms with van der Waals surface area (Å²) in [4.78, 5) is 9.37. The Morgan fingerprint density at radius 3 is 0.645 bits per heavy atom. The van der Waals surface area contributed by atoms with Gasteiger partial charge in [0.15, 0.2) is 0 Å². The van der Waals surface area contributed by atoms with Crippen LogP contribution in [-0.2, 0) is 18.3 Å². The second-order valence-electron chi connectivity index (χ2n) is 29.3. The highest BCUT2D eigenvalue weighted by Crippen LogP contribution is 2.55. The van der Waals surface area contributed by atoms with E-state index in [1.54, 1.807) is 11.1 Å². The number of aryl methyl sites for hydroxylation is 4. The molecule has 0 saturated heterocycles. The van der Waals surface area contributed by atoms with Crippen LogP contribution in [0.1, 0.15) is 123 Å². The van der Waals surface area contributed by atoms with E-state index in [0.717, 1.165) is 69.7 Å². The van der Waals surface area contributed by atoms with Crippen molar-refractivity contribution in [3.8, 4) is 33.4 Å². The third kappa shape index (κ3) is 16.9. The number of hydrogen-bond acceptors (Lipinski definition) is 4. The van der Waals surface area contributed by atoms with Gasteiger partial charge in [-0.3, -0.25) is 0 Å². The van der Waals surface area contributed by atoms with Crippen molar-refractivity contribution in [2.24, 2.45) is 0 Å². The highest BCUT2D eigenvalue weighted by Gasteiger charge is 2.42. The van der Waals surface area contributed by atoms with Crippen LogP contribution in [0.3, 0.4) is 0 Å². The molecule has 4 nitrogen and oxygen atoms in total. The number of para-hydroxylation sites is 6. The van der Waals surface area contributed by atoms with Crippen LogP contribution in [0.2, 0.25) is 0 Å². The molecule has 15 rings (SSSR count). The fraction of sp³-hybridized carbons (Fsp3) is 0.184. The molecule has 0 aliphatic heterocycles. The molecule has 107 heavy (non-hydrogen) atoms. The lowest BCUT2D eigenvalue weighted by molar-refractivity contribution is 0.397. The summed E-state index contributed by atoms with van der Waals surface area (Å²) >= 11 is 0. The second-order valence-corrected chi connectivity index (χ2v) is 29.3. The molecule has 0 bridgehead atoms. The minimum Gasteiger partial charge on any atom is -0.311 e. The van der Waals surface area contributed by atoms with Crippen molar-refractivity contribution < 1.29 is 0 Å². The molecule has 0 aromatic heterocycles. The maximum Gasteiger partial charge on any atom is 0.0462 e. The van der Waals surface area contributed by atoms with E-state index >= 15 is 0 Å². The molecular formula is C103H98N4. The monoisotopic (exact) mass is 1390 g/mol. The number of benzene rings is 14. The Hall–Kier alpha value is -11.7. The number of hydrogen-bond donors (Lipinski definition) is 0. The van der Waals surface area contributed by atoms with Crippen LogP contribution in [0.15, 0.2) is 364 Å². The quantitative estimate of drug-likeness (QED) is 0.0390. The summed E-state index contributed by atoms with van der Waals surface area (Å²) < 4.78 is 0. The van der Waals surface area contributed by atoms with Gasteiger partial charge in [-0.15, -0.1) is 0 Å². The highest BCUT2D eigenvalue weighted by atomic mass is 15.2. The van der Waals surface area contributed by atoms with E-state index < -0.39 is 0 Å². The first-order chi connectivity index (χ1) is 52.9. The minimum atomic E-state index is 0.0747. The first-order valence-electron chi connectivity index (χ1n) is 39.2. The van der Waals surface area contributed by atoms with Crippen LogP contribution in [0.25, 0.3) is 33.4 Å². The van der Waals surface area contributed by atoms with E-state index in [1.165, 1.54) is 157 Å². The fourth-order valence-electron chi connectivity index (χ4n) is 16.4.